The molecule has 1 saturated heterocycles. The summed E-state index contributed by atoms with van der Waals surface area (Å²) in [6, 6.07) is 6.54. The maximum absolute atomic E-state index is 14.0. The molecular formula is C31H35F3N8O4. The van der Waals surface area contributed by atoms with E-state index in [0.717, 1.165) is 16.6 Å². The van der Waals surface area contributed by atoms with Crippen LogP contribution in [0.3, 0.4) is 0 Å². The van der Waals surface area contributed by atoms with Gasteiger partial charge in [0.1, 0.15) is 17.8 Å². The molecule has 3 aromatic heterocycles. The van der Waals surface area contributed by atoms with Crippen LogP contribution in [0.15, 0.2) is 47.5 Å². The van der Waals surface area contributed by atoms with E-state index in [0.29, 0.717) is 49.5 Å². The molecule has 0 radical (unpaired) electrons. The first-order chi connectivity index (χ1) is 21.7. The van der Waals surface area contributed by atoms with Crippen LogP contribution >= 0.6 is 0 Å². The third kappa shape index (κ3) is 6.82. The molecule has 4 heterocycles. The number of halogens is 3. The molecule has 0 aliphatic carbocycles. The van der Waals surface area contributed by atoms with Gasteiger partial charge < -0.3 is 24.4 Å². The molecule has 15 heteroatoms. The number of pyridine rings is 1. The topological polar surface area (TPSA) is 127 Å². The van der Waals surface area contributed by atoms with Crippen LogP contribution in [0, 0.1) is 6.92 Å². The number of aryl methyl sites for hydroxylation is 1. The van der Waals surface area contributed by atoms with Crippen LogP contribution in [0.4, 0.5) is 29.3 Å². The summed E-state index contributed by atoms with van der Waals surface area (Å²) in [4.78, 5) is 52.3. The van der Waals surface area contributed by atoms with Crippen LogP contribution in [0.5, 0.6) is 0 Å². The van der Waals surface area contributed by atoms with Crippen molar-refractivity contribution >= 4 is 29.2 Å². The predicted octanol–water partition coefficient (Wildman–Crippen LogP) is 4.54. The number of aromatic nitrogens is 5. The fraction of sp³-hybridized carbons (Fsp3) is 0.419. The second-order valence-corrected chi connectivity index (χ2v) is 12.0. The van der Waals surface area contributed by atoms with Crippen LogP contribution in [-0.4, -0.2) is 72.8 Å². The zero-order valence-corrected chi connectivity index (χ0v) is 26.2. The molecule has 244 valence electrons. The molecule has 0 atom stereocenters. The number of piperazine rings is 1. The Balaban J connectivity index is 1.52. The second-order valence-electron chi connectivity index (χ2n) is 12.0. The normalized spacial score (nSPS) is 14.1. The number of hydrogen-bond donors (Lipinski definition) is 1. The first kappa shape index (κ1) is 32.4. The maximum Gasteiger partial charge on any atom is 0.416 e. The van der Waals surface area contributed by atoms with Crippen molar-refractivity contribution in [1.29, 1.82) is 0 Å². The first-order valence-electron chi connectivity index (χ1n) is 14.8. The monoisotopic (exact) mass is 640 g/mol. The molecule has 4 aromatic rings. The Labute approximate surface area is 262 Å². The van der Waals surface area contributed by atoms with Gasteiger partial charge in [0.2, 0.25) is 11.7 Å². The molecule has 0 saturated carbocycles. The van der Waals surface area contributed by atoms with Crippen LogP contribution in [0.1, 0.15) is 44.5 Å². The number of ether oxygens (including phenoxy) is 1. The second kappa shape index (κ2) is 12.4. The van der Waals surface area contributed by atoms with Gasteiger partial charge in [0.25, 0.3) is 5.56 Å². The molecule has 1 fully saturated rings. The lowest BCUT2D eigenvalue weighted by molar-refractivity contribution is -0.137. The largest absolute Gasteiger partial charge is 0.444 e. The Hall–Kier alpha value is -4.95. The highest BCUT2D eigenvalue weighted by Gasteiger charge is 2.32. The molecule has 0 spiro atoms. The van der Waals surface area contributed by atoms with Crippen molar-refractivity contribution in [2.24, 2.45) is 0 Å². The van der Waals surface area contributed by atoms with E-state index in [4.69, 9.17) is 4.74 Å². The average molecular weight is 641 g/mol. The number of fused-ring (bicyclic) bond motifs is 1. The summed E-state index contributed by atoms with van der Waals surface area (Å²) in [5.74, 6) is -0.183. The average Bonchev–Trinajstić information content (AvgIpc) is 3.45. The maximum atomic E-state index is 14.0. The molecule has 1 aromatic carbocycles. The van der Waals surface area contributed by atoms with Crippen LogP contribution in [-0.2, 0) is 28.7 Å². The van der Waals surface area contributed by atoms with Crippen molar-refractivity contribution in [2.75, 3.05) is 36.4 Å². The lowest BCUT2D eigenvalue weighted by Crippen LogP contribution is -2.51. The summed E-state index contributed by atoms with van der Waals surface area (Å²) >= 11 is 0. The molecular weight excluding hydrogens is 605 g/mol. The van der Waals surface area contributed by atoms with E-state index in [1.165, 1.54) is 13.0 Å². The van der Waals surface area contributed by atoms with Gasteiger partial charge in [-0.05, 0) is 70.0 Å². The van der Waals surface area contributed by atoms with E-state index in [-0.39, 0.29) is 29.4 Å². The van der Waals surface area contributed by atoms with Gasteiger partial charge in [-0.15, -0.1) is 5.10 Å². The van der Waals surface area contributed by atoms with Crippen LogP contribution < -0.4 is 15.8 Å². The molecule has 1 aliphatic heterocycles. The summed E-state index contributed by atoms with van der Waals surface area (Å²) in [6.07, 6.45) is -1.46. The summed E-state index contributed by atoms with van der Waals surface area (Å²) in [5, 5.41) is 7.18. The van der Waals surface area contributed by atoms with E-state index in [2.05, 4.69) is 20.4 Å². The van der Waals surface area contributed by atoms with E-state index in [1.54, 1.807) is 54.8 Å². The van der Waals surface area contributed by atoms with Gasteiger partial charge in [0.15, 0.2) is 5.82 Å². The molecule has 1 N–H and O–H groups in total. The minimum atomic E-state index is -4.51. The van der Waals surface area contributed by atoms with Gasteiger partial charge in [0, 0.05) is 49.8 Å². The standard InChI is InChI=1S/C31H35F3N8O4/c1-6-23-25(39-12-14-40(15-13-39)29(45)46-30(3,4)5)27(44)42-28(37-26(38-42)20-8-7-11-35-17-20)41(23)18-24(43)36-22-10-9-21(16-19(22)2)31(32,33)34/h7-11,16-17H,6,12-15,18H2,1-5H3,(H,36,43). The van der Waals surface area contributed by atoms with E-state index < -0.39 is 34.9 Å². The zero-order chi connectivity index (χ0) is 33.4. The van der Waals surface area contributed by atoms with Gasteiger partial charge in [-0.25, -0.2) is 4.79 Å². The number of nitrogens with one attached hydrogen (secondary N) is 1. The molecule has 2 amide bonds. The molecule has 12 nitrogen and oxygen atoms in total. The molecule has 0 bridgehead atoms. The summed E-state index contributed by atoms with van der Waals surface area (Å²) in [6.45, 7) is 9.67. The third-order valence-corrected chi connectivity index (χ3v) is 7.46. The fourth-order valence-corrected chi connectivity index (χ4v) is 5.30. The van der Waals surface area contributed by atoms with Crippen molar-refractivity contribution in [3.63, 3.8) is 0 Å². The van der Waals surface area contributed by atoms with Crippen molar-refractivity contribution in [3.8, 4) is 11.4 Å². The van der Waals surface area contributed by atoms with Gasteiger partial charge in [-0.2, -0.15) is 22.7 Å². The van der Waals surface area contributed by atoms with Crippen molar-refractivity contribution in [1.82, 2.24) is 29.0 Å². The highest BCUT2D eigenvalue weighted by Crippen LogP contribution is 2.32. The van der Waals surface area contributed by atoms with E-state index >= 15 is 0 Å². The molecule has 5 rings (SSSR count). The van der Waals surface area contributed by atoms with E-state index in [9.17, 15) is 27.6 Å². The Morgan fingerprint density at radius 3 is 2.37 bits per heavy atom. The van der Waals surface area contributed by atoms with E-state index in [1.807, 2.05) is 11.8 Å². The summed E-state index contributed by atoms with van der Waals surface area (Å²) < 4.78 is 47.8. The number of alkyl halides is 3. The lowest BCUT2D eigenvalue weighted by Gasteiger charge is -2.37. The molecule has 46 heavy (non-hydrogen) atoms. The van der Waals surface area contributed by atoms with Gasteiger partial charge in [0.05, 0.1) is 11.3 Å². The Kier molecular flexibility index (Phi) is 8.78. The minimum Gasteiger partial charge on any atom is -0.444 e. The summed E-state index contributed by atoms with van der Waals surface area (Å²) in [5.41, 5.74) is -0.0317. The number of amides is 2. The number of carbonyl (C=O) groups excluding carboxylic acids is 2. The number of carbonyl (C=O) groups is 2. The lowest BCUT2D eigenvalue weighted by atomic mass is 10.1. The highest BCUT2D eigenvalue weighted by molar-refractivity contribution is 5.91. The Bertz CT molecular complexity index is 1820. The highest BCUT2D eigenvalue weighted by atomic mass is 19.4. The molecule has 0 unspecified atom stereocenters. The number of anilines is 2. The zero-order valence-electron chi connectivity index (χ0n) is 26.2. The van der Waals surface area contributed by atoms with Crippen molar-refractivity contribution in [2.45, 2.75) is 59.4 Å². The summed E-state index contributed by atoms with van der Waals surface area (Å²) in [7, 11) is 0. The minimum absolute atomic E-state index is 0.121. The Morgan fingerprint density at radius 1 is 1.07 bits per heavy atom. The quantitative estimate of drug-likeness (QED) is 0.326. The third-order valence-electron chi connectivity index (χ3n) is 7.46. The first-order valence-corrected chi connectivity index (χ1v) is 14.8. The Morgan fingerprint density at radius 2 is 1.78 bits per heavy atom. The fourth-order valence-electron chi connectivity index (χ4n) is 5.30. The SMILES string of the molecule is CCc1c(N2CCN(C(=O)OC(C)(C)C)CC2)c(=O)n2nc(-c3cccnc3)nc2n1CC(=O)Nc1ccc(C(F)(F)F)cc1C. The predicted molar refractivity (Wildman–Crippen MR) is 165 cm³/mol. The number of benzene rings is 1. The van der Waals surface area contributed by atoms with Crippen LogP contribution in [0.25, 0.3) is 17.2 Å². The molecule has 1 aliphatic rings. The van der Waals surface area contributed by atoms with Crippen molar-refractivity contribution in [3.05, 3.63) is 69.9 Å². The van der Waals surface area contributed by atoms with Crippen LogP contribution in [0.2, 0.25) is 0 Å². The number of nitrogens with zero attached hydrogens (tertiary/aromatic N) is 7. The van der Waals surface area contributed by atoms with Gasteiger partial charge >= 0.3 is 12.3 Å². The van der Waals surface area contributed by atoms with Gasteiger partial charge in [-0.1, -0.05) is 6.92 Å². The number of hydrogen-bond acceptors (Lipinski definition) is 8. The van der Waals surface area contributed by atoms with Crippen molar-refractivity contribution < 1.29 is 27.5 Å². The van der Waals surface area contributed by atoms with Gasteiger partial charge in [-0.3, -0.25) is 14.6 Å². The smallest absolute Gasteiger partial charge is 0.416 e. The number of rotatable bonds is 6.